The molecular weight excluding hydrogens is 520 g/mol. The first-order chi connectivity index (χ1) is 18.5. The van der Waals surface area contributed by atoms with E-state index in [1.807, 2.05) is 0 Å². The van der Waals surface area contributed by atoms with Gasteiger partial charge >= 0.3 is 24.1 Å². The molecule has 0 aromatic carbocycles. The summed E-state index contributed by atoms with van der Waals surface area (Å²) < 4.78 is 19.8. The zero-order valence-electron chi connectivity index (χ0n) is 25.3. The lowest BCUT2D eigenvalue weighted by Crippen LogP contribution is -2.49. The number of ketones is 1. The highest BCUT2D eigenvalue weighted by Crippen LogP contribution is 2.30. The van der Waals surface area contributed by atoms with Crippen LogP contribution in [-0.2, 0) is 33.3 Å². The SMILES string of the molecule is C=C1CCC[C@H]([C@H](NC(=O)OC(C)(C)C)C(=O)OC)C1.COC(=O)[C@@H](NC(=O)OC(C)(C)C)[C@H]1CCCC(=O)C1. The number of allylic oxidation sites excluding steroid dienone is 1. The minimum absolute atomic E-state index is 0.0243. The first kappa shape index (κ1) is 34.9. The predicted octanol–water partition coefficient (Wildman–Crippen LogP) is 4.61. The molecule has 0 unspecified atom stereocenters. The van der Waals surface area contributed by atoms with Crippen molar-refractivity contribution >= 4 is 29.9 Å². The van der Waals surface area contributed by atoms with Gasteiger partial charge < -0.3 is 29.6 Å². The molecule has 2 aliphatic carbocycles. The van der Waals surface area contributed by atoms with Crippen LogP contribution in [0.5, 0.6) is 0 Å². The Morgan fingerprint density at radius 3 is 1.50 bits per heavy atom. The molecule has 2 fully saturated rings. The Labute approximate surface area is 238 Å². The van der Waals surface area contributed by atoms with Crippen LogP contribution in [0.2, 0.25) is 0 Å². The minimum atomic E-state index is -0.834. The van der Waals surface area contributed by atoms with Crippen molar-refractivity contribution in [2.24, 2.45) is 11.8 Å². The van der Waals surface area contributed by atoms with Crippen molar-refractivity contribution in [3.05, 3.63) is 12.2 Å². The number of carbonyl (C=O) groups is 5. The van der Waals surface area contributed by atoms with Gasteiger partial charge in [-0.3, -0.25) is 4.79 Å². The Morgan fingerprint density at radius 1 is 0.750 bits per heavy atom. The van der Waals surface area contributed by atoms with Gasteiger partial charge in [0.2, 0.25) is 0 Å². The smallest absolute Gasteiger partial charge is 0.408 e. The molecular formula is C29H48N2O9. The van der Waals surface area contributed by atoms with Gasteiger partial charge in [-0.2, -0.15) is 0 Å². The number of nitrogens with one attached hydrogen (secondary N) is 2. The summed E-state index contributed by atoms with van der Waals surface area (Å²) in [7, 11) is 2.58. The second-order valence-electron chi connectivity index (χ2n) is 12.3. The van der Waals surface area contributed by atoms with Gasteiger partial charge in [0, 0.05) is 12.8 Å². The van der Waals surface area contributed by atoms with Crippen LogP contribution in [0.15, 0.2) is 12.2 Å². The quantitative estimate of drug-likeness (QED) is 0.266. The largest absolute Gasteiger partial charge is 0.467 e. The van der Waals surface area contributed by atoms with E-state index in [1.54, 1.807) is 41.5 Å². The number of carbonyl (C=O) groups excluding carboxylic acids is 5. The third-order valence-electron chi connectivity index (χ3n) is 6.37. The molecule has 228 valence electrons. The molecule has 11 heteroatoms. The molecule has 0 radical (unpaired) electrons. The lowest BCUT2D eigenvalue weighted by atomic mass is 9.81. The van der Waals surface area contributed by atoms with E-state index >= 15 is 0 Å². The zero-order valence-corrected chi connectivity index (χ0v) is 25.3. The zero-order chi connectivity index (χ0) is 30.7. The van der Waals surface area contributed by atoms with Crippen LogP contribution < -0.4 is 10.6 Å². The number of Topliss-reactive ketones (excluding diaryl/α,β-unsaturated/α-hetero) is 1. The molecule has 2 aliphatic rings. The Morgan fingerprint density at radius 2 is 1.15 bits per heavy atom. The molecule has 0 spiro atoms. The number of rotatable bonds is 6. The summed E-state index contributed by atoms with van der Waals surface area (Å²) in [4.78, 5) is 58.9. The van der Waals surface area contributed by atoms with E-state index in [-0.39, 0.29) is 24.0 Å². The molecule has 0 saturated heterocycles. The van der Waals surface area contributed by atoms with E-state index < -0.39 is 47.4 Å². The van der Waals surface area contributed by atoms with E-state index in [1.165, 1.54) is 14.2 Å². The van der Waals surface area contributed by atoms with Crippen LogP contribution in [0.25, 0.3) is 0 Å². The topological polar surface area (TPSA) is 146 Å². The van der Waals surface area contributed by atoms with Gasteiger partial charge in [0.05, 0.1) is 14.2 Å². The second-order valence-corrected chi connectivity index (χ2v) is 12.3. The maximum atomic E-state index is 11.9. The van der Waals surface area contributed by atoms with E-state index in [9.17, 15) is 24.0 Å². The average Bonchev–Trinajstić information content (AvgIpc) is 2.83. The predicted molar refractivity (Wildman–Crippen MR) is 148 cm³/mol. The number of hydrogen-bond acceptors (Lipinski definition) is 9. The van der Waals surface area contributed by atoms with E-state index in [0.717, 1.165) is 37.7 Å². The van der Waals surface area contributed by atoms with Crippen molar-refractivity contribution in [2.75, 3.05) is 14.2 Å². The van der Waals surface area contributed by atoms with E-state index in [2.05, 4.69) is 17.2 Å². The maximum Gasteiger partial charge on any atom is 0.408 e. The molecule has 40 heavy (non-hydrogen) atoms. The van der Waals surface area contributed by atoms with E-state index in [0.29, 0.717) is 12.8 Å². The maximum absolute atomic E-state index is 11.9. The van der Waals surface area contributed by atoms with Gasteiger partial charge in [0.1, 0.15) is 29.1 Å². The Kier molecular flexibility index (Phi) is 13.6. The summed E-state index contributed by atoms with van der Waals surface area (Å²) >= 11 is 0. The van der Waals surface area contributed by atoms with Crippen LogP contribution in [0, 0.1) is 11.8 Å². The molecule has 0 aromatic rings. The van der Waals surface area contributed by atoms with Gasteiger partial charge in [-0.1, -0.05) is 12.2 Å². The number of amides is 2. The summed E-state index contributed by atoms with van der Waals surface area (Å²) in [5.74, 6) is -1.07. The normalized spacial score (nSPS) is 21.0. The molecule has 0 bridgehead atoms. The van der Waals surface area contributed by atoms with Crippen LogP contribution in [-0.4, -0.2) is 67.4 Å². The van der Waals surface area contributed by atoms with E-state index in [4.69, 9.17) is 18.9 Å². The molecule has 0 aromatic heterocycles. The second kappa shape index (κ2) is 15.6. The third-order valence-corrected chi connectivity index (χ3v) is 6.37. The summed E-state index contributed by atoms with van der Waals surface area (Å²) in [5.41, 5.74) is -0.130. The highest BCUT2D eigenvalue weighted by atomic mass is 16.6. The molecule has 2 N–H and O–H groups in total. The van der Waals surface area contributed by atoms with Crippen LogP contribution >= 0.6 is 0 Å². The molecule has 4 atom stereocenters. The molecule has 2 amide bonds. The minimum Gasteiger partial charge on any atom is -0.467 e. The van der Waals surface area contributed by atoms with Crippen molar-refractivity contribution in [1.29, 1.82) is 0 Å². The molecule has 2 rings (SSSR count). The number of hydrogen-bond donors (Lipinski definition) is 2. The van der Waals surface area contributed by atoms with Crippen molar-refractivity contribution in [2.45, 2.75) is 116 Å². The summed E-state index contributed by atoms with van der Waals surface area (Å²) in [5, 5.41) is 5.16. The van der Waals surface area contributed by atoms with Crippen molar-refractivity contribution in [3.8, 4) is 0 Å². The number of ether oxygens (including phenoxy) is 4. The average molecular weight is 569 g/mol. The van der Waals surface area contributed by atoms with Crippen LogP contribution in [0.3, 0.4) is 0 Å². The number of alkyl carbamates (subject to hydrolysis) is 2. The standard InChI is InChI=1S/C15H25NO4.C14H23NO5/c1-10-7-6-8-11(9-10)12(13(17)19-5)16-14(18)20-15(2,3)4;1-14(2,3)20-13(18)15-11(12(17)19-4)9-6-5-7-10(16)8-9/h11-12H,1,6-9H2,2-5H3,(H,16,18);9,11H,5-8H2,1-4H3,(H,15,18)/t11-,12-;9-,11-/m00/s1. The summed E-state index contributed by atoms with van der Waals surface area (Å²) in [6, 6.07) is -1.51. The highest BCUT2D eigenvalue weighted by Gasteiger charge is 2.36. The van der Waals surface area contributed by atoms with Gasteiger partial charge in [-0.05, 0) is 91.9 Å². The number of esters is 2. The Balaban J connectivity index is 0.000000400. The van der Waals surface area contributed by atoms with Crippen molar-refractivity contribution in [1.82, 2.24) is 10.6 Å². The van der Waals surface area contributed by atoms with Crippen molar-refractivity contribution in [3.63, 3.8) is 0 Å². The van der Waals surface area contributed by atoms with Crippen molar-refractivity contribution < 1.29 is 42.9 Å². The molecule has 2 saturated carbocycles. The van der Waals surface area contributed by atoms with Gasteiger partial charge in [0.25, 0.3) is 0 Å². The van der Waals surface area contributed by atoms with Crippen LogP contribution in [0.4, 0.5) is 9.59 Å². The fourth-order valence-electron chi connectivity index (χ4n) is 4.68. The molecule has 0 heterocycles. The van der Waals surface area contributed by atoms with Gasteiger partial charge in [0.15, 0.2) is 0 Å². The fraction of sp³-hybridized carbons (Fsp3) is 0.759. The molecule has 11 nitrogen and oxygen atoms in total. The lowest BCUT2D eigenvalue weighted by molar-refractivity contribution is -0.146. The monoisotopic (exact) mass is 568 g/mol. The Bertz CT molecular complexity index is 843. The third kappa shape index (κ3) is 13.3. The Hall–Kier alpha value is -3.11. The molecule has 0 aliphatic heterocycles. The number of methoxy groups -OCH3 is 2. The lowest BCUT2D eigenvalue weighted by Gasteiger charge is -2.30. The van der Waals surface area contributed by atoms with Gasteiger partial charge in [-0.15, -0.1) is 0 Å². The first-order valence-electron chi connectivity index (χ1n) is 13.8. The first-order valence-corrected chi connectivity index (χ1v) is 13.8. The fourth-order valence-corrected chi connectivity index (χ4v) is 4.68. The van der Waals surface area contributed by atoms with Crippen LogP contribution in [0.1, 0.15) is 92.9 Å². The summed E-state index contributed by atoms with van der Waals surface area (Å²) in [6.07, 6.45) is 4.56. The summed E-state index contributed by atoms with van der Waals surface area (Å²) in [6.45, 7) is 14.5. The van der Waals surface area contributed by atoms with Gasteiger partial charge in [-0.25, -0.2) is 19.2 Å². The highest BCUT2D eigenvalue weighted by molar-refractivity contribution is 5.84.